The van der Waals surface area contributed by atoms with E-state index < -0.39 is 0 Å². The van der Waals surface area contributed by atoms with Crippen LogP contribution in [0.25, 0.3) is 0 Å². The molecule has 2 N–H and O–H groups in total. The number of anilines is 1. The zero-order chi connectivity index (χ0) is 7.56. The van der Waals surface area contributed by atoms with E-state index in [1.54, 1.807) is 0 Å². The molecule has 0 amide bonds. The number of thiol groups is 2. The van der Waals surface area contributed by atoms with Crippen LogP contribution in [0.2, 0.25) is 0 Å². The van der Waals surface area contributed by atoms with Gasteiger partial charge >= 0.3 is 0 Å². The Morgan fingerprint density at radius 3 is 2.60 bits per heavy atom. The maximum absolute atomic E-state index is 5.54. The molecule has 1 nitrogen and oxygen atoms in total. The van der Waals surface area contributed by atoms with Crippen LogP contribution in [-0.2, 0) is 5.75 Å². The third-order valence-corrected chi connectivity index (χ3v) is 2.03. The van der Waals surface area contributed by atoms with Gasteiger partial charge in [-0.3, -0.25) is 0 Å². The minimum Gasteiger partial charge on any atom is -0.398 e. The molecule has 1 aromatic rings. The molecular weight excluding hydrogens is 162 g/mol. The molecule has 0 spiro atoms. The normalized spacial score (nSPS) is 9.80. The lowest BCUT2D eigenvalue weighted by molar-refractivity contribution is 1.35. The van der Waals surface area contributed by atoms with E-state index in [0.29, 0.717) is 5.69 Å². The molecule has 1 aromatic carbocycles. The van der Waals surface area contributed by atoms with Gasteiger partial charge in [0, 0.05) is 16.3 Å². The molecule has 1 rings (SSSR count). The Kier molecular flexibility index (Phi) is 2.51. The molecule has 0 aliphatic heterocycles. The summed E-state index contributed by atoms with van der Waals surface area (Å²) < 4.78 is 0. The first-order chi connectivity index (χ1) is 4.74. The van der Waals surface area contributed by atoms with Crippen LogP contribution >= 0.6 is 25.3 Å². The number of nitrogens with two attached hydrogens (primary N) is 1. The van der Waals surface area contributed by atoms with E-state index in [1.807, 2.05) is 18.2 Å². The Balaban J connectivity index is 3.04. The summed E-state index contributed by atoms with van der Waals surface area (Å²) in [7, 11) is 0. The molecule has 0 bridgehead atoms. The number of nitrogen functional groups attached to an aromatic ring is 1. The van der Waals surface area contributed by atoms with Gasteiger partial charge in [-0.05, 0) is 17.7 Å². The number of hydrogen-bond donors (Lipinski definition) is 3. The van der Waals surface area contributed by atoms with Crippen LogP contribution in [0.5, 0.6) is 0 Å². The SMILES string of the molecule is Nc1ccc(CS)cc1S. The average Bonchev–Trinajstić information content (AvgIpc) is 1.95. The fourth-order valence-electron chi connectivity index (χ4n) is 0.688. The van der Waals surface area contributed by atoms with Gasteiger partial charge in [0.1, 0.15) is 0 Å². The first kappa shape index (κ1) is 7.82. The predicted molar refractivity (Wildman–Crippen MR) is 50.8 cm³/mol. The molecular formula is C7H9NS2. The van der Waals surface area contributed by atoms with E-state index in [4.69, 9.17) is 5.73 Å². The van der Waals surface area contributed by atoms with Crippen molar-refractivity contribution in [1.29, 1.82) is 0 Å². The molecule has 10 heavy (non-hydrogen) atoms. The van der Waals surface area contributed by atoms with Gasteiger partial charge in [0.25, 0.3) is 0 Å². The van der Waals surface area contributed by atoms with Crippen LogP contribution in [0.4, 0.5) is 5.69 Å². The predicted octanol–water partition coefficient (Wildman–Crippen LogP) is 1.99. The summed E-state index contributed by atoms with van der Waals surface area (Å²) in [6.07, 6.45) is 0. The molecule has 0 atom stereocenters. The van der Waals surface area contributed by atoms with E-state index in [9.17, 15) is 0 Å². The van der Waals surface area contributed by atoms with Crippen molar-refractivity contribution in [2.24, 2.45) is 0 Å². The summed E-state index contributed by atoms with van der Waals surface area (Å²) in [5.41, 5.74) is 7.40. The van der Waals surface area contributed by atoms with Crippen molar-refractivity contribution < 1.29 is 0 Å². The fourth-order valence-corrected chi connectivity index (χ4v) is 1.12. The Morgan fingerprint density at radius 1 is 1.40 bits per heavy atom. The third-order valence-electron chi connectivity index (χ3n) is 1.28. The minimum atomic E-state index is 0.717. The van der Waals surface area contributed by atoms with Gasteiger partial charge in [-0.2, -0.15) is 12.6 Å². The van der Waals surface area contributed by atoms with Crippen molar-refractivity contribution in [3.8, 4) is 0 Å². The molecule has 0 saturated carbocycles. The van der Waals surface area contributed by atoms with E-state index in [1.165, 1.54) is 0 Å². The van der Waals surface area contributed by atoms with Gasteiger partial charge in [0.05, 0.1) is 0 Å². The van der Waals surface area contributed by atoms with Crippen molar-refractivity contribution in [3.63, 3.8) is 0 Å². The largest absolute Gasteiger partial charge is 0.398 e. The summed E-state index contributed by atoms with van der Waals surface area (Å²) in [6.45, 7) is 0. The van der Waals surface area contributed by atoms with Crippen LogP contribution in [-0.4, -0.2) is 0 Å². The van der Waals surface area contributed by atoms with E-state index in [-0.39, 0.29) is 0 Å². The van der Waals surface area contributed by atoms with Gasteiger partial charge < -0.3 is 5.73 Å². The average molecular weight is 171 g/mol. The highest BCUT2D eigenvalue weighted by molar-refractivity contribution is 7.80. The van der Waals surface area contributed by atoms with E-state index >= 15 is 0 Å². The van der Waals surface area contributed by atoms with Crippen LogP contribution in [0, 0.1) is 0 Å². The third kappa shape index (κ3) is 1.61. The molecule has 0 radical (unpaired) electrons. The Morgan fingerprint density at radius 2 is 2.10 bits per heavy atom. The summed E-state index contributed by atoms with van der Waals surface area (Å²) >= 11 is 8.28. The lowest BCUT2D eigenvalue weighted by Gasteiger charge is -1.99. The maximum atomic E-state index is 5.54. The second-order valence-corrected chi connectivity index (χ2v) is 2.85. The molecule has 0 heterocycles. The zero-order valence-corrected chi connectivity index (χ0v) is 7.20. The molecule has 0 aromatic heterocycles. The monoisotopic (exact) mass is 171 g/mol. The summed E-state index contributed by atoms with van der Waals surface area (Å²) in [6, 6.07) is 5.71. The zero-order valence-electron chi connectivity index (χ0n) is 5.41. The second kappa shape index (κ2) is 3.21. The Hall–Kier alpha value is -0.280. The van der Waals surface area contributed by atoms with Crippen molar-refractivity contribution in [3.05, 3.63) is 23.8 Å². The van der Waals surface area contributed by atoms with Gasteiger partial charge in [0.15, 0.2) is 0 Å². The standard InChI is InChI=1S/C7H9NS2/c8-6-2-1-5(4-9)3-7(6)10/h1-3,9-10H,4,8H2. The van der Waals surface area contributed by atoms with Gasteiger partial charge in [-0.25, -0.2) is 0 Å². The smallest absolute Gasteiger partial charge is 0.0449 e. The highest BCUT2D eigenvalue weighted by atomic mass is 32.1. The van der Waals surface area contributed by atoms with E-state index in [2.05, 4.69) is 25.3 Å². The minimum absolute atomic E-state index is 0.717. The van der Waals surface area contributed by atoms with Gasteiger partial charge in [-0.15, -0.1) is 12.6 Å². The van der Waals surface area contributed by atoms with Crippen molar-refractivity contribution in [2.45, 2.75) is 10.6 Å². The van der Waals surface area contributed by atoms with Crippen LogP contribution in [0.3, 0.4) is 0 Å². The number of hydrogen-bond acceptors (Lipinski definition) is 3. The second-order valence-electron chi connectivity index (χ2n) is 2.05. The Bertz CT molecular complexity index is 235. The summed E-state index contributed by atoms with van der Waals surface area (Å²) in [4.78, 5) is 0.826. The number of rotatable bonds is 1. The quantitative estimate of drug-likeness (QED) is 0.437. The van der Waals surface area contributed by atoms with Crippen LogP contribution < -0.4 is 5.73 Å². The summed E-state index contributed by atoms with van der Waals surface area (Å²) in [5, 5.41) is 0. The van der Waals surface area contributed by atoms with E-state index in [0.717, 1.165) is 16.2 Å². The lowest BCUT2D eigenvalue weighted by Crippen LogP contribution is -1.87. The highest BCUT2D eigenvalue weighted by Crippen LogP contribution is 2.18. The summed E-state index contributed by atoms with van der Waals surface area (Å²) in [5.74, 6) is 0.730. The molecule has 3 heteroatoms. The molecule has 0 saturated heterocycles. The van der Waals surface area contributed by atoms with Gasteiger partial charge in [-0.1, -0.05) is 6.07 Å². The topological polar surface area (TPSA) is 26.0 Å². The maximum Gasteiger partial charge on any atom is 0.0449 e. The lowest BCUT2D eigenvalue weighted by atomic mass is 10.2. The number of benzene rings is 1. The Labute approximate surface area is 71.4 Å². The molecule has 0 fully saturated rings. The highest BCUT2D eigenvalue weighted by Gasteiger charge is 1.93. The van der Waals surface area contributed by atoms with Crippen LogP contribution in [0.1, 0.15) is 5.56 Å². The van der Waals surface area contributed by atoms with Crippen LogP contribution in [0.15, 0.2) is 23.1 Å². The molecule has 0 aliphatic rings. The first-order valence-electron chi connectivity index (χ1n) is 2.92. The van der Waals surface area contributed by atoms with Crippen molar-refractivity contribution >= 4 is 30.9 Å². The van der Waals surface area contributed by atoms with Gasteiger partial charge in [0.2, 0.25) is 0 Å². The van der Waals surface area contributed by atoms with Crippen molar-refractivity contribution in [1.82, 2.24) is 0 Å². The first-order valence-corrected chi connectivity index (χ1v) is 4.00. The molecule has 54 valence electrons. The molecule has 0 unspecified atom stereocenters. The fraction of sp³-hybridized carbons (Fsp3) is 0.143. The van der Waals surface area contributed by atoms with Crippen molar-refractivity contribution in [2.75, 3.05) is 5.73 Å². The molecule has 0 aliphatic carbocycles.